The average Bonchev–Trinajstić information content (AvgIpc) is 2.59. The standard InChI is InChI=1S/C20H22F2N2O/c1-14(25)16-5-2-4-15(10-16)12-24-9-3-6-18(13-24)23-17-7-8-19(21)20(22)11-17/h2,4-5,7-8,10-11,18,23H,3,6,9,12-13H2,1H3. The van der Waals surface area contributed by atoms with Crippen molar-refractivity contribution in [1.82, 2.24) is 4.90 Å². The highest BCUT2D eigenvalue weighted by Gasteiger charge is 2.20. The molecule has 0 spiro atoms. The minimum atomic E-state index is -0.835. The predicted molar refractivity (Wildman–Crippen MR) is 94.7 cm³/mol. The molecule has 1 aliphatic rings. The lowest BCUT2D eigenvalue weighted by atomic mass is 10.0. The number of carbonyl (C=O) groups excluding carboxylic acids is 1. The van der Waals surface area contributed by atoms with Gasteiger partial charge >= 0.3 is 0 Å². The van der Waals surface area contributed by atoms with Crippen molar-refractivity contribution in [3.63, 3.8) is 0 Å². The van der Waals surface area contributed by atoms with Gasteiger partial charge in [-0.1, -0.05) is 18.2 Å². The molecule has 0 aromatic heterocycles. The highest BCUT2D eigenvalue weighted by Crippen LogP contribution is 2.20. The third-order valence-electron chi connectivity index (χ3n) is 4.54. The topological polar surface area (TPSA) is 32.3 Å². The Hall–Kier alpha value is -2.27. The Morgan fingerprint density at radius 3 is 2.80 bits per heavy atom. The number of benzene rings is 2. The number of nitrogens with one attached hydrogen (secondary N) is 1. The molecule has 1 saturated heterocycles. The summed E-state index contributed by atoms with van der Waals surface area (Å²) in [6.07, 6.45) is 2.02. The number of Topliss-reactive ketones (excluding diaryl/α,β-unsaturated/α-hetero) is 1. The molecule has 3 rings (SSSR count). The summed E-state index contributed by atoms with van der Waals surface area (Å²) in [7, 11) is 0. The highest BCUT2D eigenvalue weighted by atomic mass is 19.2. The molecule has 1 heterocycles. The number of likely N-dealkylation sites (tertiary alicyclic amines) is 1. The van der Waals surface area contributed by atoms with Gasteiger partial charge in [-0.3, -0.25) is 9.69 Å². The van der Waals surface area contributed by atoms with Crippen molar-refractivity contribution >= 4 is 11.5 Å². The third-order valence-corrected chi connectivity index (χ3v) is 4.54. The maximum absolute atomic E-state index is 13.3. The van der Waals surface area contributed by atoms with Gasteiger partial charge in [0, 0.05) is 36.4 Å². The lowest BCUT2D eigenvalue weighted by Crippen LogP contribution is -2.41. The summed E-state index contributed by atoms with van der Waals surface area (Å²) in [5.74, 6) is -1.60. The fourth-order valence-corrected chi connectivity index (χ4v) is 3.29. The molecule has 1 atom stereocenters. The monoisotopic (exact) mass is 344 g/mol. The van der Waals surface area contributed by atoms with Crippen LogP contribution >= 0.6 is 0 Å². The SMILES string of the molecule is CC(=O)c1cccc(CN2CCCC(Nc3ccc(F)c(F)c3)C2)c1. The van der Waals surface area contributed by atoms with Gasteiger partial charge in [-0.2, -0.15) is 0 Å². The molecule has 1 fully saturated rings. The van der Waals surface area contributed by atoms with Crippen LogP contribution in [0.5, 0.6) is 0 Å². The molecule has 1 aliphatic heterocycles. The molecule has 1 N–H and O–H groups in total. The molecule has 0 saturated carbocycles. The molecule has 5 heteroatoms. The number of nitrogens with zero attached hydrogens (tertiary/aromatic N) is 1. The maximum atomic E-state index is 13.3. The Bertz CT molecular complexity index is 763. The van der Waals surface area contributed by atoms with E-state index in [1.807, 2.05) is 24.3 Å². The Morgan fingerprint density at radius 1 is 1.20 bits per heavy atom. The Labute approximate surface area is 146 Å². The number of rotatable bonds is 5. The van der Waals surface area contributed by atoms with Crippen LogP contribution < -0.4 is 5.32 Å². The third kappa shape index (κ3) is 4.63. The van der Waals surface area contributed by atoms with Crippen LogP contribution in [0.25, 0.3) is 0 Å². The van der Waals surface area contributed by atoms with E-state index in [1.165, 1.54) is 6.07 Å². The van der Waals surface area contributed by atoms with Crippen molar-refractivity contribution in [3.05, 3.63) is 65.2 Å². The number of anilines is 1. The van der Waals surface area contributed by atoms with Crippen molar-refractivity contribution in [2.75, 3.05) is 18.4 Å². The molecule has 3 nitrogen and oxygen atoms in total. The molecule has 0 amide bonds. The van der Waals surface area contributed by atoms with Crippen LogP contribution in [-0.4, -0.2) is 29.8 Å². The van der Waals surface area contributed by atoms with E-state index in [9.17, 15) is 13.6 Å². The number of carbonyl (C=O) groups is 1. The smallest absolute Gasteiger partial charge is 0.160 e. The Kier molecular flexibility index (Phi) is 5.43. The molecular weight excluding hydrogens is 322 g/mol. The van der Waals surface area contributed by atoms with Gasteiger partial charge < -0.3 is 5.32 Å². The highest BCUT2D eigenvalue weighted by molar-refractivity contribution is 5.94. The summed E-state index contributed by atoms with van der Waals surface area (Å²) >= 11 is 0. The first-order valence-electron chi connectivity index (χ1n) is 8.55. The maximum Gasteiger partial charge on any atom is 0.160 e. The van der Waals surface area contributed by atoms with Gasteiger partial charge in [0.15, 0.2) is 17.4 Å². The van der Waals surface area contributed by atoms with Crippen molar-refractivity contribution in [1.29, 1.82) is 0 Å². The molecule has 0 aliphatic carbocycles. The second-order valence-electron chi connectivity index (χ2n) is 6.60. The number of hydrogen-bond acceptors (Lipinski definition) is 3. The van der Waals surface area contributed by atoms with Gasteiger partial charge in [-0.05, 0) is 50.1 Å². The van der Waals surface area contributed by atoms with Gasteiger partial charge in [0.2, 0.25) is 0 Å². The van der Waals surface area contributed by atoms with Crippen LogP contribution in [0.2, 0.25) is 0 Å². The summed E-state index contributed by atoms with van der Waals surface area (Å²) in [5, 5.41) is 3.29. The number of halogens is 2. The molecule has 0 bridgehead atoms. The number of ketones is 1. The zero-order chi connectivity index (χ0) is 17.8. The minimum Gasteiger partial charge on any atom is -0.381 e. The quantitative estimate of drug-likeness (QED) is 0.823. The van der Waals surface area contributed by atoms with E-state index in [-0.39, 0.29) is 11.8 Å². The van der Waals surface area contributed by atoms with E-state index in [0.717, 1.165) is 49.7 Å². The number of hydrogen-bond donors (Lipinski definition) is 1. The normalized spacial score (nSPS) is 18.1. The second-order valence-corrected chi connectivity index (χ2v) is 6.60. The van der Waals surface area contributed by atoms with Gasteiger partial charge in [0.05, 0.1) is 0 Å². The first-order chi connectivity index (χ1) is 12.0. The van der Waals surface area contributed by atoms with Crippen LogP contribution in [0.4, 0.5) is 14.5 Å². The molecule has 2 aromatic rings. The Balaban J connectivity index is 1.62. The molecule has 0 radical (unpaired) electrons. The van der Waals surface area contributed by atoms with E-state index in [0.29, 0.717) is 5.69 Å². The van der Waals surface area contributed by atoms with Crippen molar-refractivity contribution < 1.29 is 13.6 Å². The van der Waals surface area contributed by atoms with Crippen LogP contribution in [0.15, 0.2) is 42.5 Å². The molecule has 25 heavy (non-hydrogen) atoms. The first-order valence-corrected chi connectivity index (χ1v) is 8.55. The van der Waals surface area contributed by atoms with Crippen molar-refractivity contribution in [2.45, 2.75) is 32.4 Å². The van der Waals surface area contributed by atoms with E-state index in [4.69, 9.17) is 0 Å². The van der Waals surface area contributed by atoms with Crippen LogP contribution in [0.3, 0.4) is 0 Å². The summed E-state index contributed by atoms with van der Waals surface area (Å²) in [6, 6.07) is 11.8. The molecule has 1 unspecified atom stereocenters. The van der Waals surface area contributed by atoms with Gasteiger partial charge in [-0.15, -0.1) is 0 Å². The minimum absolute atomic E-state index is 0.0679. The molecule has 2 aromatic carbocycles. The summed E-state index contributed by atoms with van der Waals surface area (Å²) < 4.78 is 26.4. The van der Waals surface area contributed by atoms with E-state index < -0.39 is 11.6 Å². The van der Waals surface area contributed by atoms with Crippen LogP contribution in [0, 0.1) is 11.6 Å². The van der Waals surface area contributed by atoms with Gasteiger partial charge in [0.25, 0.3) is 0 Å². The fourth-order valence-electron chi connectivity index (χ4n) is 3.29. The molecular formula is C20H22F2N2O. The predicted octanol–water partition coefficient (Wildman–Crippen LogP) is 4.24. The van der Waals surface area contributed by atoms with Crippen LogP contribution in [-0.2, 0) is 6.54 Å². The fraction of sp³-hybridized carbons (Fsp3) is 0.350. The van der Waals surface area contributed by atoms with E-state index in [1.54, 1.807) is 13.0 Å². The van der Waals surface area contributed by atoms with Gasteiger partial charge in [0.1, 0.15) is 0 Å². The van der Waals surface area contributed by atoms with Crippen molar-refractivity contribution in [2.24, 2.45) is 0 Å². The molecule has 132 valence electrons. The Morgan fingerprint density at radius 2 is 2.04 bits per heavy atom. The van der Waals surface area contributed by atoms with E-state index in [2.05, 4.69) is 10.2 Å². The zero-order valence-corrected chi connectivity index (χ0v) is 14.3. The average molecular weight is 344 g/mol. The van der Waals surface area contributed by atoms with Gasteiger partial charge in [-0.25, -0.2) is 8.78 Å². The van der Waals surface area contributed by atoms with E-state index >= 15 is 0 Å². The lowest BCUT2D eigenvalue weighted by molar-refractivity contribution is 0.101. The van der Waals surface area contributed by atoms with Crippen LogP contribution in [0.1, 0.15) is 35.7 Å². The second kappa shape index (κ2) is 7.74. The van der Waals surface area contributed by atoms with Crippen molar-refractivity contribution in [3.8, 4) is 0 Å². The first kappa shape index (κ1) is 17.5. The zero-order valence-electron chi connectivity index (χ0n) is 14.3. The summed E-state index contributed by atoms with van der Waals surface area (Å²) in [6.45, 7) is 4.16. The largest absolute Gasteiger partial charge is 0.381 e. The lowest BCUT2D eigenvalue weighted by Gasteiger charge is -2.33. The summed E-state index contributed by atoms with van der Waals surface area (Å²) in [5.41, 5.74) is 2.44. The number of piperidine rings is 1. The summed E-state index contributed by atoms with van der Waals surface area (Å²) in [4.78, 5) is 13.8.